The lowest BCUT2D eigenvalue weighted by Crippen LogP contribution is -2.43. The third kappa shape index (κ3) is 6.14. The average molecular weight is 299 g/mol. The number of likely N-dealkylation sites (tertiary alicyclic amines) is 1. The third-order valence-corrected chi connectivity index (χ3v) is 3.28. The van der Waals surface area contributed by atoms with Gasteiger partial charge in [0.1, 0.15) is 11.6 Å². The molecule has 1 atom stereocenters. The molecule has 1 N–H and O–H groups in total. The highest BCUT2D eigenvalue weighted by atomic mass is 16.6. The van der Waals surface area contributed by atoms with Gasteiger partial charge in [0, 0.05) is 19.4 Å². The molecule has 1 saturated heterocycles. The molecule has 1 aliphatic heterocycles. The van der Waals surface area contributed by atoms with E-state index in [4.69, 9.17) is 9.84 Å². The Bertz CT molecular complexity index is 399. The predicted octanol–water partition coefficient (Wildman–Crippen LogP) is 1.96. The summed E-state index contributed by atoms with van der Waals surface area (Å²) < 4.78 is 5.35. The standard InChI is InChI=1S/C15H25NO5/c1-15(2,3)21-14(20)11-7-6-10-16(11)12(17)8-4-5-9-13(18)19/h11H,4-10H2,1-3H3,(H,18,19). The second kappa shape index (κ2) is 7.43. The van der Waals surface area contributed by atoms with E-state index in [1.807, 2.05) is 0 Å². The van der Waals surface area contributed by atoms with E-state index in [0.717, 1.165) is 6.42 Å². The van der Waals surface area contributed by atoms with Gasteiger partial charge in [-0.25, -0.2) is 4.79 Å². The van der Waals surface area contributed by atoms with Crippen LogP contribution in [0.3, 0.4) is 0 Å². The zero-order valence-corrected chi connectivity index (χ0v) is 13.1. The first-order valence-corrected chi connectivity index (χ1v) is 7.45. The summed E-state index contributed by atoms with van der Waals surface area (Å²) in [5.74, 6) is -1.29. The molecule has 6 heteroatoms. The van der Waals surface area contributed by atoms with E-state index >= 15 is 0 Å². The van der Waals surface area contributed by atoms with Crippen molar-refractivity contribution in [1.82, 2.24) is 4.90 Å². The van der Waals surface area contributed by atoms with Gasteiger partial charge in [-0.2, -0.15) is 0 Å². The van der Waals surface area contributed by atoms with Gasteiger partial charge in [0.25, 0.3) is 0 Å². The van der Waals surface area contributed by atoms with E-state index in [-0.39, 0.29) is 24.7 Å². The Kier molecular flexibility index (Phi) is 6.18. The van der Waals surface area contributed by atoms with Gasteiger partial charge in [-0.05, 0) is 46.5 Å². The van der Waals surface area contributed by atoms with Gasteiger partial charge in [0.15, 0.2) is 0 Å². The maximum absolute atomic E-state index is 12.1. The van der Waals surface area contributed by atoms with E-state index in [9.17, 15) is 14.4 Å². The van der Waals surface area contributed by atoms with E-state index < -0.39 is 17.6 Å². The molecule has 0 aromatic rings. The summed E-state index contributed by atoms with van der Waals surface area (Å²) >= 11 is 0. The number of carboxylic acids is 1. The molecule has 1 aliphatic rings. The maximum atomic E-state index is 12.1. The number of carbonyl (C=O) groups excluding carboxylic acids is 2. The first-order chi connectivity index (χ1) is 9.70. The largest absolute Gasteiger partial charge is 0.481 e. The molecule has 6 nitrogen and oxygen atoms in total. The number of esters is 1. The maximum Gasteiger partial charge on any atom is 0.329 e. The van der Waals surface area contributed by atoms with Crippen LogP contribution in [-0.2, 0) is 19.1 Å². The van der Waals surface area contributed by atoms with Crippen molar-refractivity contribution in [3.63, 3.8) is 0 Å². The molecule has 1 amide bonds. The molecule has 0 aromatic carbocycles. The molecular formula is C15H25NO5. The van der Waals surface area contributed by atoms with Crippen molar-refractivity contribution in [3.05, 3.63) is 0 Å². The topological polar surface area (TPSA) is 83.9 Å². The molecule has 120 valence electrons. The summed E-state index contributed by atoms with van der Waals surface area (Å²) in [6.45, 7) is 5.98. The summed E-state index contributed by atoms with van der Waals surface area (Å²) in [5.41, 5.74) is -0.560. The Morgan fingerprint density at radius 3 is 2.38 bits per heavy atom. The van der Waals surface area contributed by atoms with Crippen molar-refractivity contribution in [1.29, 1.82) is 0 Å². The van der Waals surface area contributed by atoms with Crippen molar-refractivity contribution in [2.45, 2.75) is 70.9 Å². The van der Waals surface area contributed by atoms with Crippen molar-refractivity contribution in [2.24, 2.45) is 0 Å². The molecule has 1 rings (SSSR count). The second-order valence-corrected chi connectivity index (χ2v) is 6.38. The van der Waals surface area contributed by atoms with Crippen molar-refractivity contribution in [2.75, 3.05) is 6.54 Å². The van der Waals surface area contributed by atoms with Crippen LogP contribution in [0.4, 0.5) is 0 Å². The van der Waals surface area contributed by atoms with Gasteiger partial charge >= 0.3 is 11.9 Å². The summed E-state index contributed by atoms with van der Waals surface area (Å²) in [5, 5.41) is 8.56. The van der Waals surface area contributed by atoms with E-state index in [0.29, 0.717) is 25.8 Å². The normalized spacial score (nSPS) is 18.6. The minimum absolute atomic E-state index is 0.0722. The summed E-state index contributed by atoms with van der Waals surface area (Å²) in [4.78, 5) is 36.2. The Morgan fingerprint density at radius 2 is 1.81 bits per heavy atom. The molecule has 1 heterocycles. The Morgan fingerprint density at radius 1 is 1.19 bits per heavy atom. The highest BCUT2D eigenvalue weighted by Gasteiger charge is 2.36. The van der Waals surface area contributed by atoms with Crippen LogP contribution in [0, 0.1) is 0 Å². The number of carboxylic acid groups (broad SMARTS) is 1. The Balaban J connectivity index is 2.46. The summed E-state index contributed by atoms with van der Waals surface area (Å²) in [6, 6.07) is -0.490. The number of hydrogen-bond acceptors (Lipinski definition) is 4. The monoisotopic (exact) mass is 299 g/mol. The zero-order chi connectivity index (χ0) is 16.0. The number of rotatable bonds is 6. The predicted molar refractivity (Wildman–Crippen MR) is 76.7 cm³/mol. The van der Waals surface area contributed by atoms with Gasteiger partial charge in [-0.15, -0.1) is 0 Å². The highest BCUT2D eigenvalue weighted by Crippen LogP contribution is 2.22. The fourth-order valence-electron chi connectivity index (χ4n) is 2.38. The Hall–Kier alpha value is -1.59. The lowest BCUT2D eigenvalue weighted by molar-refractivity contribution is -0.163. The van der Waals surface area contributed by atoms with E-state index in [1.54, 1.807) is 25.7 Å². The van der Waals surface area contributed by atoms with Crippen molar-refractivity contribution in [3.8, 4) is 0 Å². The van der Waals surface area contributed by atoms with E-state index in [1.165, 1.54) is 0 Å². The van der Waals surface area contributed by atoms with Crippen molar-refractivity contribution < 1.29 is 24.2 Å². The van der Waals surface area contributed by atoms with Gasteiger partial charge in [0.05, 0.1) is 0 Å². The fraction of sp³-hybridized carbons (Fsp3) is 0.800. The molecule has 0 spiro atoms. The smallest absolute Gasteiger partial charge is 0.329 e. The molecule has 1 unspecified atom stereocenters. The third-order valence-electron chi connectivity index (χ3n) is 3.28. The number of hydrogen-bond donors (Lipinski definition) is 1. The molecule has 1 fully saturated rings. The number of aliphatic carboxylic acids is 1. The molecular weight excluding hydrogens is 274 g/mol. The molecule has 0 saturated carbocycles. The van der Waals surface area contributed by atoms with Crippen molar-refractivity contribution >= 4 is 17.8 Å². The van der Waals surface area contributed by atoms with Crippen LogP contribution >= 0.6 is 0 Å². The van der Waals surface area contributed by atoms with E-state index in [2.05, 4.69) is 0 Å². The molecule has 0 radical (unpaired) electrons. The number of ether oxygens (including phenoxy) is 1. The lowest BCUT2D eigenvalue weighted by atomic mass is 10.1. The van der Waals surface area contributed by atoms with Crippen LogP contribution in [0.15, 0.2) is 0 Å². The van der Waals surface area contributed by atoms with Gasteiger partial charge in [-0.1, -0.05) is 0 Å². The summed E-state index contributed by atoms with van der Waals surface area (Å²) in [6.07, 6.45) is 2.80. The number of unbranched alkanes of at least 4 members (excludes halogenated alkanes) is 1. The molecule has 0 aromatic heterocycles. The number of carbonyl (C=O) groups is 3. The molecule has 21 heavy (non-hydrogen) atoms. The quantitative estimate of drug-likeness (QED) is 0.598. The van der Waals surface area contributed by atoms with Crippen LogP contribution in [0.25, 0.3) is 0 Å². The minimum atomic E-state index is -0.852. The van der Waals surface area contributed by atoms with Crippen LogP contribution in [-0.4, -0.2) is 46.0 Å². The second-order valence-electron chi connectivity index (χ2n) is 6.38. The number of amides is 1. The number of nitrogens with zero attached hydrogens (tertiary/aromatic N) is 1. The van der Waals surface area contributed by atoms with Gasteiger partial charge in [0.2, 0.25) is 5.91 Å². The summed E-state index contributed by atoms with van der Waals surface area (Å²) in [7, 11) is 0. The zero-order valence-electron chi connectivity index (χ0n) is 13.1. The van der Waals surface area contributed by atoms with Crippen LogP contribution in [0.5, 0.6) is 0 Å². The average Bonchev–Trinajstić information content (AvgIpc) is 2.81. The van der Waals surface area contributed by atoms with Gasteiger partial charge < -0.3 is 14.7 Å². The first-order valence-electron chi connectivity index (χ1n) is 7.45. The van der Waals surface area contributed by atoms with Crippen LogP contribution < -0.4 is 0 Å². The van der Waals surface area contributed by atoms with Crippen LogP contribution in [0.1, 0.15) is 59.3 Å². The molecule has 0 aliphatic carbocycles. The lowest BCUT2D eigenvalue weighted by Gasteiger charge is -2.27. The first kappa shape index (κ1) is 17.5. The highest BCUT2D eigenvalue weighted by molar-refractivity contribution is 5.85. The SMILES string of the molecule is CC(C)(C)OC(=O)C1CCCN1C(=O)CCCCC(=O)O. The molecule has 0 bridgehead atoms. The minimum Gasteiger partial charge on any atom is -0.481 e. The Labute approximate surface area is 125 Å². The van der Waals surface area contributed by atoms with Gasteiger partial charge in [-0.3, -0.25) is 9.59 Å². The van der Waals surface area contributed by atoms with Crippen LogP contribution in [0.2, 0.25) is 0 Å². The fourth-order valence-corrected chi connectivity index (χ4v) is 2.38.